The molecule has 0 aromatic rings. The van der Waals surface area contributed by atoms with Gasteiger partial charge in [-0.2, -0.15) is 0 Å². The van der Waals surface area contributed by atoms with Crippen LogP contribution >= 0.6 is 7.82 Å². The minimum atomic E-state index is -4.38. The third-order valence-corrected chi connectivity index (χ3v) is 9.43. The van der Waals surface area contributed by atoms with Crippen molar-refractivity contribution in [3.05, 3.63) is 48.6 Å². The van der Waals surface area contributed by atoms with Gasteiger partial charge in [0.2, 0.25) is 0 Å². The van der Waals surface area contributed by atoms with E-state index in [0.717, 1.165) is 83.5 Å². The molecule has 2 atom stereocenters. The van der Waals surface area contributed by atoms with E-state index in [4.69, 9.17) is 24.3 Å². The zero-order valence-electron chi connectivity index (χ0n) is 33.0. The summed E-state index contributed by atoms with van der Waals surface area (Å²) in [7, 11) is -4.38. The van der Waals surface area contributed by atoms with E-state index >= 15 is 0 Å². The van der Waals surface area contributed by atoms with E-state index in [1.807, 2.05) is 0 Å². The zero-order chi connectivity index (χ0) is 38.2. The number of allylic oxidation sites excluding steroid dienone is 8. The molecule has 0 aliphatic heterocycles. The molecule has 0 aromatic carbocycles. The zero-order valence-corrected chi connectivity index (χ0v) is 33.9. The van der Waals surface area contributed by atoms with Crippen LogP contribution in [0.2, 0.25) is 0 Å². The number of hydrogen-bond donors (Lipinski definition) is 2. The molecule has 1 unspecified atom stereocenters. The molecule has 0 amide bonds. The largest absolute Gasteiger partial charge is 0.472 e. The maximum atomic E-state index is 12.6. The number of hydrogen-bond acceptors (Lipinski definition) is 8. The van der Waals surface area contributed by atoms with E-state index in [9.17, 15) is 19.0 Å². The van der Waals surface area contributed by atoms with Crippen molar-refractivity contribution < 1.29 is 37.6 Å². The van der Waals surface area contributed by atoms with Gasteiger partial charge in [-0.15, -0.1) is 0 Å². The maximum absolute atomic E-state index is 12.6. The van der Waals surface area contributed by atoms with Gasteiger partial charge in [-0.05, 0) is 70.6 Å². The molecule has 0 saturated carbocycles. The lowest BCUT2D eigenvalue weighted by Gasteiger charge is -2.19. The SMILES string of the molecule is CC/C=C\C/C=C\C/C=C\CCCCCCCC(=O)OC[C@H](COP(=O)(O)OCCN)OC(=O)CCCCCCC/C=C\CCCCCCCCC. The maximum Gasteiger partial charge on any atom is 0.472 e. The Kier molecular flexibility index (Phi) is 37.2. The number of esters is 2. The Hall–Kier alpha value is -2.03. The number of carbonyl (C=O) groups is 2. The third kappa shape index (κ3) is 37.7. The first-order valence-electron chi connectivity index (χ1n) is 20.6. The van der Waals surface area contributed by atoms with Gasteiger partial charge in [0.25, 0.3) is 0 Å². The number of carbonyl (C=O) groups excluding carboxylic acids is 2. The van der Waals surface area contributed by atoms with Crippen LogP contribution in [-0.4, -0.2) is 49.3 Å². The quantitative estimate of drug-likeness (QED) is 0.0273. The van der Waals surface area contributed by atoms with Crippen LogP contribution in [0.4, 0.5) is 0 Å². The minimum Gasteiger partial charge on any atom is -0.462 e. The van der Waals surface area contributed by atoms with Crippen LogP contribution in [0.15, 0.2) is 48.6 Å². The summed E-state index contributed by atoms with van der Waals surface area (Å²) in [6, 6.07) is 0. The molecule has 0 fully saturated rings. The fourth-order valence-corrected chi connectivity index (χ4v) is 6.17. The summed E-state index contributed by atoms with van der Waals surface area (Å²) in [5, 5.41) is 0. The predicted octanol–water partition coefficient (Wildman–Crippen LogP) is 11.6. The summed E-state index contributed by atoms with van der Waals surface area (Å²) in [6.45, 7) is 3.58. The summed E-state index contributed by atoms with van der Waals surface area (Å²) in [5.41, 5.74) is 5.34. The van der Waals surface area contributed by atoms with Gasteiger partial charge in [-0.1, -0.05) is 140 Å². The first-order chi connectivity index (χ1) is 25.3. The number of ether oxygens (including phenoxy) is 2. The molecule has 52 heavy (non-hydrogen) atoms. The van der Waals surface area contributed by atoms with Crippen molar-refractivity contribution in [2.75, 3.05) is 26.4 Å². The van der Waals surface area contributed by atoms with Gasteiger partial charge in [0.05, 0.1) is 13.2 Å². The molecule has 0 radical (unpaired) electrons. The van der Waals surface area contributed by atoms with Crippen LogP contribution in [0.1, 0.15) is 174 Å². The Morgan fingerprint density at radius 2 is 1.06 bits per heavy atom. The number of unbranched alkanes of at least 4 members (excludes halogenated alkanes) is 17. The first kappa shape index (κ1) is 50.0. The van der Waals surface area contributed by atoms with E-state index in [1.54, 1.807) is 0 Å². The van der Waals surface area contributed by atoms with Crippen molar-refractivity contribution in [3.8, 4) is 0 Å². The average Bonchev–Trinajstić information content (AvgIpc) is 3.13. The van der Waals surface area contributed by atoms with Gasteiger partial charge < -0.3 is 20.1 Å². The fraction of sp³-hybridized carbons (Fsp3) is 0.762. The molecule has 0 aliphatic carbocycles. The second kappa shape index (κ2) is 38.7. The number of nitrogens with two attached hydrogens (primary N) is 1. The van der Waals surface area contributed by atoms with Crippen LogP contribution in [0.3, 0.4) is 0 Å². The molecule has 0 heterocycles. The molecular formula is C42H76NO8P. The van der Waals surface area contributed by atoms with E-state index in [0.29, 0.717) is 12.8 Å². The van der Waals surface area contributed by atoms with E-state index < -0.39 is 32.5 Å². The summed E-state index contributed by atoms with van der Waals surface area (Å²) < 4.78 is 32.7. The Morgan fingerprint density at radius 3 is 1.60 bits per heavy atom. The third-order valence-electron chi connectivity index (χ3n) is 8.45. The standard InChI is InChI=1S/C42H76NO8P/c1-3-5-7-9-11-13-15-17-19-21-23-25-27-29-31-33-35-42(45)51-40(39-50-52(46,47)49-37-36-43)38-48-41(44)34-32-30-28-26-24-22-20-18-16-14-12-10-8-6-4-2/h6,8,12,14,18-21,40H,3-5,7,9-11,13,15-17,22-39,43H2,1-2H3,(H,46,47)/b8-6-,14-12-,20-18-,21-19-/t40-/m1/s1. The highest BCUT2D eigenvalue weighted by molar-refractivity contribution is 7.47. The Labute approximate surface area is 317 Å². The van der Waals surface area contributed by atoms with Crippen molar-refractivity contribution >= 4 is 19.8 Å². The predicted molar refractivity (Wildman–Crippen MR) is 215 cm³/mol. The van der Waals surface area contributed by atoms with Gasteiger partial charge in [0, 0.05) is 19.4 Å². The Morgan fingerprint density at radius 1 is 0.596 bits per heavy atom. The lowest BCUT2D eigenvalue weighted by atomic mass is 10.1. The van der Waals surface area contributed by atoms with E-state index in [-0.39, 0.29) is 32.6 Å². The molecule has 0 aromatic heterocycles. The molecule has 0 saturated heterocycles. The van der Waals surface area contributed by atoms with E-state index in [2.05, 4.69) is 62.5 Å². The molecule has 3 N–H and O–H groups in total. The van der Waals surface area contributed by atoms with Crippen LogP contribution in [0.25, 0.3) is 0 Å². The molecule has 0 bridgehead atoms. The first-order valence-corrected chi connectivity index (χ1v) is 22.1. The van der Waals surface area contributed by atoms with Gasteiger partial charge in [0.1, 0.15) is 6.61 Å². The summed E-state index contributed by atoms with van der Waals surface area (Å²) in [5.74, 6) is -0.860. The number of rotatable bonds is 38. The highest BCUT2D eigenvalue weighted by Crippen LogP contribution is 2.43. The Balaban J connectivity index is 4.22. The van der Waals surface area contributed by atoms with Gasteiger partial charge in [-0.3, -0.25) is 18.6 Å². The normalized spacial score (nSPS) is 13.8. The molecule has 0 rings (SSSR count). The minimum absolute atomic E-state index is 0.0481. The fourth-order valence-electron chi connectivity index (χ4n) is 5.41. The highest BCUT2D eigenvalue weighted by atomic mass is 31.2. The van der Waals surface area contributed by atoms with Crippen LogP contribution in [0.5, 0.6) is 0 Å². The smallest absolute Gasteiger partial charge is 0.462 e. The summed E-state index contributed by atoms with van der Waals surface area (Å²) >= 11 is 0. The van der Waals surface area contributed by atoms with Gasteiger partial charge in [-0.25, -0.2) is 4.57 Å². The molecule has 0 spiro atoms. The number of phosphoric acid groups is 1. The summed E-state index contributed by atoms with van der Waals surface area (Å²) in [6.07, 6.45) is 42.8. The van der Waals surface area contributed by atoms with Crippen molar-refractivity contribution in [1.82, 2.24) is 0 Å². The second-order valence-electron chi connectivity index (χ2n) is 13.5. The molecule has 0 aliphatic rings. The average molecular weight is 754 g/mol. The lowest BCUT2D eigenvalue weighted by Crippen LogP contribution is -2.29. The highest BCUT2D eigenvalue weighted by Gasteiger charge is 2.25. The van der Waals surface area contributed by atoms with E-state index in [1.165, 1.54) is 51.4 Å². The second-order valence-corrected chi connectivity index (χ2v) is 14.9. The molecule has 9 nitrogen and oxygen atoms in total. The van der Waals surface area contributed by atoms with Crippen molar-refractivity contribution in [3.63, 3.8) is 0 Å². The molecule has 302 valence electrons. The molecular weight excluding hydrogens is 677 g/mol. The summed E-state index contributed by atoms with van der Waals surface area (Å²) in [4.78, 5) is 34.8. The topological polar surface area (TPSA) is 134 Å². The molecule has 10 heteroatoms. The lowest BCUT2D eigenvalue weighted by molar-refractivity contribution is -0.161. The van der Waals surface area contributed by atoms with Crippen molar-refractivity contribution in [2.24, 2.45) is 5.73 Å². The van der Waals surface area contributed by atoms with Crippen molar-refractivity contribution in [2.45, 2.75) is 180 Å². The van der Waals surface area contributed by atoms with Crippen molar-refractivity contribution in [1.29, 1.82) is 0 Å². The monoisotopic (exact) mass is 754 g/mol. The Bertz CT molecular complexity index is 996. The van der Waals surface area contributed by atoms with Crippen LogP contribution in [0, 0.1) is 0 Å². The van der Waals surface area contributed by atoms with Gasteiger partial charge in [0.15, 0.2) is 6.10 Å². The van der Waals surface area contributed by atoms with Crippen LogP contribution in [-0.2, 0) is 32.7 Å². The number of phosphoric ester groups is 1. The van der Waals surface area contributed by atoms with Crippen LogP contribution < -0.4 is 5.73 Å². The van der Waals surface area contributed by atoms with Gasteiger partial charge >= 0.3 is 19.8 Å².